The Hall–Kier alpha value is -1.03. The highest BCUT2D eigenvalue weighted by atomic mass is 79.9. The van der Waals surface area contributed by atoms with E-state index in [1.165, 1.54) is 7.11 Å². The predicted molar refractivity (Wildman–Crippen MR) is 61.9 cm³/mol. The van der Waals surface area contributed by atoms with Crippen LogP contribution in [0.4, 0.5) is 0 Å². The number of carbonyl (C=O) groups is 1. The summed E-state index contributed by atoms with van der Waals surface area (Å²) in [6, 6.07) is 0. The molecule has 0 atom stereocenters. The van der Waals surface area contributed by atoms with Gasteiger partial charge in [-0.05, 0) is 37.5 Å². The van der Waals surface area contributed by atoms with Crippen LogP contribution in [0.1, 0.15) is 27.0 Å². The first-order valence-electron chi connectivity index (χ1n) is 4.48. The van der Waals surface area contributed by atoms with Crippen LogP contribution in [0.2, 0.25) is 0 Å². The maximum Gasteiger partial charge on any atom is 0.339 e. The largest absolute Gasteiger partial charge is 0.496 e. The Labute approximate surface area is 97.2 Å². The number of carboxylic acid groups (broad SMARTS) is 1. The molecule has 4 heteroatoms. The molecule has 1 rings (SSSR count). The summed E-state index contributed by atoms with van der Waals surface area (Å²) in [4.78, 5) is 11.1. The molecule has 0 radical (unpaired) electrons. The summed E-state index contributed by atoms with van der Waals surface area (Å²) in [6.45, 7) is 5.55. The number of methoxy groups -OCH3 is 1. The highest BCUT2D eigenvalue weighted by molar-refractivity contribution is 9.10. The normalized spacial score (nSPS) is 10.2. The van der Waals surface area contributed by atoms with Gasteiger partial charge in [0.05, 0.1) is 7.11 Å². The van der Waals surface area contributed by atoms with E-state index in [-0.39, 0.29) is 5.56 Å². The topological polar surface area (TPSA) is 46.5 Å². The van der Waals surface area contributed by atoms with Gasteiger partial charge in [-0.15, -0.1) is 0 Å². The Morgan fingerprint density at radius 2 is 1.73 bits per heavy atom. The van der Waals surface area contributed by atoms with Gasteiger partial charge >= 0.3 is 5.97 Å². The van der Waals surface area contributed by atoms with Gasteiger partial charge in [0.25, 0.3) is 0 Å². The first-order chi connectivity index (χ1) is 6.91. The van der Waals surface area contributed by atoms with Crippen molar-refractivity contribution in [2.24, 2.45) is 0 Å². The highest BCUT2D eigenvalue weighted by Crippen LogP contribution is 2.35. The van der Waals surface area contributed by atoms with Crippen molar-refractivity contribution in [3.05, 3.63) is 26.7 Å². The third-order valence-corrected chi connectivity index (χ3v) is 3.77. The number of halogens is 1. The molecule has 0 aliphatic heterocycles. The van der Waals surface area contributed by atoms with Gasteiger partial charge in [-0.1, -0.05) is 15.9 Å². The lowest BCUT2D eigenvalue weighted by molar-refractivity contribution is 0.0692. The minimum atomic E-state index is -0.965. The summed E-state index contributed by atoms with van der Waals surface area (Å²) < 4.78 is 5.98. The summed E-state index contributed by atoms with van der Waals surface area (Å²) in [5, 5.41) is 9.12. The van der Waals surface area contributed by atoms with E-state index in [1.807, 2.05) is 13.8 Å². The average molecular weight is 273 g/mol. The van der Waals surface area contributed by atoms with Crippen LogP contribution in [0.25, 0.3) is 0 Å². The minimum absolute atomic E-state index is 0.229. The smallest absolute Gasteiger partial charge is 0.339 e. The van der Waals surface area contributed by atoms with Crippen LogP contribution in [-0.4, -0.2) is 18.2 Å². The molecule has 0 saturated carbocycles. The van der Waals surface area contributed by atoms with Crippen molar-refractivity contribution in [3.8, 4) is 5.75 Å². The molecule has 0 saturated heterocycles. The molecule has 0 heterocycles. The maximum absolute atomic E-state index is 11.1. The Morgan fingerprint density at radius 1 is 1.20 bits per heavy atom. The van der Waals surface area contributed by atoms with Gasteiger partial charge < -0.3 is 9.84 Å². The van der Waals surface area contributed by atoms with Crippen LogP contribution in [-0.2, 0) is 0 Å². The number of ether oxygens (including phenoxy) is 1. The molecule has 1 N–H and O–H groups in total. The lowest BCUT2D eigenvalue weighted by atomic mass is 9.99. The van der Waals surface area contributed by atoms with Gasteiger partial charge in [-0.2, -0.15) is 0 Å². The molecule has 0 aliphatic rings. The zero-order valence-electron chi connectivity index (χ0n) is 9.14. The molecule has 82 valence electrons. The van der Waals surface area contributed by atoms with E-state index < -0.39 is 5.97 Å². The fourth-order valence-corrected chi connectivity index (χ4v) is 2.09. The number of hydrogen-bond acceptors (Lipinski definition) is 2. The van der Waals surface area contributed by atoms with Gasteiger partial charge in [0, 0.05) is 4.47 Å². The van der Waals surface area contributed by atoms with Crippen molar-refractivity contribution in [1.29, 1.82) is 0 Å². The molecular weight excluding hydrogens is 260 g/mol. The summed E-state index contributed by atoms with van der Waals surface area (Å²) >= 11 is 3.39. The van der Waals surface area contributed by atoms with Crippen LogP contribution in [0.15, 0.2) is 4.47 Å². The SMILES string of the molecule is COc1c(C)c(C)c(Br)c(C)c1C(=O)O. The first kappa shape index (κ1) is 12.0. The molecule has 1 aromatic rings. The second kappa shape index (κ2) is 4.23. The van der Waals surface area contributed by atoms with Gasteiger partial charge in [0.15, 0.2) is 0 Å². The molecule has 0 amide bonds. The van der Waals surface area contributed by atoms with Crippen molar-refractivity contribution < 1.29 is 14.6 Å². The Balaban J connectivity index is 3.70. The van der Waals surface area contributed by atoms with Gasteiger partial charge in [-0.3, -0.25) is 0 Å². The van der Waals surface area contributed by atoms with Gasteiger partial charge in [0.1, 0.15) is 11.3 Å². The molecule has 0 unspecified atom stereocenters. The lowest BCUT2D eigenvalue weighted by Gasteiger charge is -2.16. The Morgan fingerprint density at radius 3 is 2.13 bits per heavy atom. The van der Waals surface area contributed by atoms with Crippen molar-refractivity contribution in [1.82, 2.24) is 0 Å². The summed E-state index contributed by atoms with van der Waals surface area (Å²) in [7, 11) is 1.49. The van der Waals surface area contributed by atoms with E-state index in [9.17, 15) is 4.79 Å². The monoisotopic (exact) mass is 272 g/mol. The predicted octanol–water partition coefficient (Wildman–Crippen LogP) is 3.08. The van der Waals surface area contributed by atoms with Crippen molar-refractivity contribution >= 4 is 21.9 Å². The van der Waals surface area contributed by atoms with Crippen LogP contribution in [0.5, 0.6) is 5.75 Å². The molecule has 0 aliphatic carbocycles. The average Bonchev–Trinajstić information content (AvgIpc) is 2.19. The Kier molecular flexibility index (Phi) is 3.39. The number of rotatable bonds is 2. The van der Waals surface area contributed by atoms with E-state index in [0.717, 1.165) is 15.6 Å². The summed E-state index contributed by atoms with van der Waals surface area (Å²) in [5.41, 5.74) is 2.79. The maximum atomic E-state index is 11.1. The molecule has 15 heavy (non-hydrogen) atoms. The number of benzene rings is 1. The van der Waals surface area contributed by atoms with Crippen LogP contribution >= 0.6 is 15.9 Å². The van der Waals surface area contributed by atoms with Crippen molar-refractivity contribution in [2.45, 2.75) is 20.8 Å². The van der Waals surface area contributed by atoms with Crippen LogP contribution < -0.4 is 4.74 Å². The molecule has 3 nitrogen and oxygen atoms in total. The molecule has 0 fully saturated rings. The van der Waals surface area contributed by atoms with Crippen molar-refractivity contribution in [3.63, 3.8) is 0 Å². The lowest BCUT2D eigenvalue weighted by Crippen LogP contribution is -2.07. The Bertz CT molecular complexity index is 425. The summed E-state index contributed by atoms with van der Waals surface area (Å²) in [5.74, 6) is -0.520. The van der Waals surface area contributed by atoms with Crippen molar-refractivity contribution in [2.75, 3.05) is 7.11 Å². The van der Waals surface area contributed by atoms with Gasteiger partial charge in [0.2, 0.25) is 0 Å². The van der Waals surface area contributed by atoms with E-state index in [0.29, 0.717) is 11.3 Å². The second-order valence-corrected chi connectivity index (χ2v) is 4.20. The third kappa shape index (κ3) is 1.86. The van der Waals surface area contributed by atoms with Crippen LogP contribution in [0, 0.1) is 20.8 Å². The molecule has 0 aromatic heterocycles. The van der Waals surface area contributed by atoms with Crippen LogP contribution in [0.3, 0.4) is 0 Å². The number of carboxylic acids is 1. The zero-order valence-corrected chi connectivity index (χ0v) is 10.7. The minimum Gasteiger partial charge on any atom is -0.496 e. The molecular formula is C11H13BrO3. The number of aromatic carboxylic acids is 1. The second-order valence-electron chi connectivity index (χ2n) is 3.40. The highest BCUT2D eigenvalue weighted by Gasteiger charge is 2.21. The number of hydrogen-bond donors (Lipinski definition) is 1. The van der Waals surface area contributed by atoms with E-state index >= 15 is 0 Å². The molecule has 1 aromatic carbocycles. The first-order valence-corrected chi connectivity index (χ1v) is 5.27. The van der Waals surface area contributed by atoms with E-state index in [1.54, 1.807) is 6.92 Å². The molecule has 0 bridgehead atoms. The zero-order chi connectivity index (χ0) is 11.7. The fourth-order valence-electron chi connectivity index (χ4n) is 1.60. The standard InChI is InChI=1S/C11H13BrO3/c1-5-6(2)10(15-4)8(11(13)14)7(3)9(5)12/h1-4H3,(H,13,14). The third-order valence-electron chi connectivity index (χ3n) is 2.58. The quantitative estimate of drug-likeness (QED) is 0.900. The molecule has 0 spiro atoms. The van der Waals surface area contributed by atoms with E-state index in [4.69, 9.17) is 9.84 Å². The summed E-state index contributed by atoms with van der Waals surface area (Å²) in [6.07, 6.45) is 0. The fraction of sp³-hybridized carbons (Fsp3) is 0.364. The van der Waals surface area contributed by atoms with Gasteiger partial charge in [-0.25, -0.2) is 4.79 Å². The van der Waals surface area contributed by atoms with E-state index in [2.05, 4.69) is 15.9 Å².